The van der Waals surface area contributed by atoms with E-state index in [9.17, 15) is 16.8 Å². The van der Waals surface area contributed by atoms with Crippen molar-refractivity contribution in [1.29, 1.82) is 0 Å². The second-order valence-corrected chi connectivity index (χ2v) is 13.0. The van der Waals surface area contributed by atoms with Crippen LogP contribution in [0.2, 0.25) is 10.0 Å². The van der Waals surface area contributed by atoms with Gasteiger partial charge in [0.25, 0.3) is 10.0 Å². The molecule has 0 saturated carbocycles. The SMILES string of the molecule is O=S(=O)(c1ccccc1)c1csc(S(=O)(=O)N2CCCN(c3c(Cl)c[nH+]cc3Cl)CC2)c1. The second kappa shape index (κ2) is 9.28. The molecule has 0 bridgehead atoms. The van der Waals surface area contributed by atoms with Crippen LogP contribution in [0.4, 0.5) is 5.69 Å². The number of sulfonamides is 1. The van der Waals surface area contributed by atoms with E-state index in [2.05, 4.69) is 4.98 Å². The summed E-state index contributed by atoms with van der Waals surface area (Å²) in [5, 5.41) is 2.30. The van der Waals surface area contributed by atoms with Gasteiger partial charge in [0, 0.05) is 31.6 Å². The minimum atomic E-state index is -3.84. The van der Waals surface area contributed by atoms with Gasteiger partial charge in [0.2, 0.25) is 9.84 Å². The number of sulfone groups is 1. The van der Waals surface area contributed by atoms with Crippen LogP contribution in [0.1, 0.15) is 6.42 Å². The molecule has 4 rings (SSSR count). The molecule has 1 N–H and O–H groups in total. The van der Waals surface area contributed by atoms with E-state index in [0.717, 1.165) is 11.3 Å². The predicted octanol–water partition coefficient (Wildman–Crippen LogP) is 3.60. The van der Waals surface area contributed by atoms with Crippen molar-refractivity contribution in [2.75, 3.05) is 31.1 Å². The number of H-pyrrole nitrogens is 1. The number of nitrogens with one attached hydrogen (secondary N) is 1. The first-order valence-corrected chi connectivity index (χ1v) is 14.3. The summed E-state index contributed by atoms with van der Waals surface area (Å²) in [5.74, 6) is 0. The van der Waals surface area contributed by atoms with Crippen LogP contribution < -0.4 is 9.88 Å². The van der Waals surface area contributed by atoms with Gasteiger partial charge in [-0.3, -0.25) is 0 Å². The van der Waals surface area contributed by atoms with Crippen LogP contribution in [0.3, 0.4) is 0 Å². The minimum absolute atomic E-state index is 0.00540. The van der Waals surface area contributed by atoms with Gasteiger partial charge >= 0.3 is 0 Å². The number of rotatable bonds is 5. The second-order valence-electron chi connectivity index (χ2n) is 7.16. The molecule has 0 amide bonds. The first-order valence-electron chi connectivity index (χ1n) is 9.70. The summed E-state index contributed by atoms with van der Waals surface area (Å²) in [4.78, 5) is 4.93. The molecular formula is C20H20Cl2N3O4S3+. The molecule has 1 aliphatic rings. The topological polar surface area (TPSA) is 88.9 Å². The largest absolute Gasteiger partial charge is 0.367 e. The van der Waals surface area contributed by atoms with Crippen molar-refractivity contribution in [2.45, 2.75) is 20.4 Å². The number of pyridine rings is 1. The van der Waals surface area contributed by atoms with E-state index in [0.29, 0.717) is 41.8 Å². The number of aromatic amines is 1. The van der Waals surface area contributed by atoms with Gasteiger partial charge < -0.3 is 4.90 Å². The molecule has 1 fully saturated rings. The van der Waals surface area contributed by atoms with E-state index in [1.54, 1.807) is 30.6 Å². The fourth-order valence-electron chi connectivity index (χ4n) is 3.54. The van der Waals surface area contributed by atoms with Crippen LogP contribution in [0.15, 0.2) is 68.2 Å². The summed E-state index contributed by atoms with van der Waals surface area (Å²) in [7, 11) is -7.63. The number of anilines is 1. The fourth-order valence-corrected chi connectivity index (χ4v) is 8.68. The Morgan fingerprint density at radius 3 is 2.25 bits per heavy atom. The molecular weight excluding hydrogens is 513 g/mol. The van der Waals surface area contributed by atoms with E-state index in [-0.39, 0.29) is 20.5 Å². The fraction of sp³-hybridized carbons (Fsp3) is 0.250. The standard InChI is InChI=1S/C20H19Cl2N3O4S3/c21-17-12-23-13-18(22)20(17)24-7-4-8-25(10-9-24)32(28,29)19-11-16(14-30-19)31(26,27)15-5-2-1-3-6-15/h1-3,5-6,11-14H,4,7-10H2/p+1. The highest BCUT2D eigenvalue weighted by Crippen LogP contribution is 2.34. The van der Waals surface area contributed by atoms with E-state index >= 15 is 0 Å². The first kappa shape index (κ1) is 23.5. The molecule has 2 aromatic heterocycles. The highest BCUT2D eigenvalue weighted by molar-refractivity contribution is 7.92. The van der Waals surface area contributed by atoms with Gasteiger partial charge in [-0.15, -0.1) is 11.3 Å². The average molecular weight is 534 g/mol. The van der Waals surface area contributed by atoms with Gasteiger partial charge in [-0.05, 0) is 24.6 Å². The zero-order valence-corrected chi connectivity index (χ0v) is 20.7. The zero-order valence-electron chi connectivity index (χ0n) is 16.7. The number of hydrogen-bond acceptors (Lipinski definition) is 6. The smallest absolute Gasteiger partial charge is 0.252 e. The maximum Gasteiger partial charge on any atom is 0.252 e. The Balaban J connectivity index is 1.56. The molecule has 1 aliphatic heterocycles. The van der Waals surface area contributed by atoms with Crippen molar-refractivity contribution >= 4 is 60.1 Å². The Labute approximate surface area is 201 Å². The van der Waals surface area contributed by atoms with Crippen molar-refractivity contribution in [3.8, 4) is 0 Å². The summed E-state index contributed by atoms with van der Waals surface area (Å²) in [5.41, 5.74) is 0.665. The normalized spacial score (nSPS) is 16.1. The molecule has 170 valence electrons. The zero-order chi connectivity index (χ0) is 22.9. The van der Waals surface area contributed by atoms with Crippen molar-refractivity contribution < 1.29 is 21.8 Å². The Hall–Kier alpha value is -1.69. The molecule has 0 radical (unpaired) electrons. The number of hydrogen-bond donors (Lipinski definition) is 0. The lowest BCUT2D eigenvalue weighted by Gasteiger charge is -2.24. The number of thiophene rings is 1. The highest BCUT2D eigenvalue weighted by Gasteiger charge is 2.31. The van der Waals surface area contributed by atoms with Crippen LogP contribution in [-0.2, 0) is 19.9 Å². The van der Waals surface area contributed by atoms with E-state index in [1.807, 2.05) is 4.90 Å². The number of halogens is 2. The summed E-state index contributed by atoms with van der Waals surface area (Å²) >= 11 is 13.5. The summed E-state index contributed by atoms with van der Waals surface area (Å²) in [6.07, 6.45) is 3.83. The van der Waals surface area contributed by atoms with E-state index < -0.39 is 19.9 Å². The molecule has 3 heterocycles. The van der Waals surface area contributed by atoms with Gasteiger partial charge in [-0.25, -0.2) is 21.8 Å². The quantitative estimate of drug-likeness (QED) is 0.500. The van der Waals surface area contributed by atoms with Crippen LogP contribution >= 0.6 is 34.5 Å². The summed E-state index contributed by atoms with van der Waals surface area (Å²) < 4.78 is 53.6. The predicted molar refractivity (Wildman–Crippen MR) is 125 cm³/mol. The number of aromatic nitrogens is 1. The van der Waals surface area contributed by atoms with Gasteiger partial charge in [0.15, 0.2) is 12.4 Å². The molecule has 0 atom stereocenters. The van der Waals surface area contributed by atoms with Crippen LogP contribution in [0.5, 0.6) is 0 Å². The Morgan fingerprint density at radius 1 is 0.875 bits per heavy atom. The van der Waals surface area contributed by atoms with Crippen LogP contribution in [-0.4, -0.2) is 47.3 Å². The molecule has 3 aromatic rings. The lowest BCUT2D eigenvalue weighted by atomic mass is 10.3. The molecule has 32 heavy (non-hydrogen) atoms. The average Bonchev–Trinajstić information content (AvgIpc) is 3.16. The lowest BCUT2D eigenvalue weighted by molar-refractivity contribution is -0.377. The lowest BCUT2D eigenvalue weighted by Crippen LogP contribution is -2.35. The molecule has 7 nitrogen and oxygen atoms in total. The molecule has 1 saturated heterocycles. The van der Waals surface area contributed by atoms with Crippen molar-refractivity contribution in [2.24, 2.45) is 0 Å². The Morgan fingerprint density at radius 2 is 1.56 bits per heavy atom. The third-order valence-electron chi connectivity index (χ3n) is 5.15. The van der Waals surface area contributed by atoms with E-state index in [4.69, 9.17) is 23.2 Å². The van der Waals surface area contributed by atoms with Crippen LogP contribution in [0, 0.1) is 0 Å². The number of nitrogens with zero attached hydrogens (tertiary/aromatic N) is 2. The van der Waals surface area contributed by atoms with Gasteiger partial charge in [-0.2, -0.15) is 4.31 Å². The number of benzene rings is 1. The van der Waals surface area contributed by atoms with Crippen molar-refractivity contribution in [3.63, 3.8) is 0 Å². The Kier molecular flexibility index (Phi) is 6.81. The maximum atomic E-state index is 13.3. The van der Waals surface area contributed by atoms with Gasteiger partial charge in [-0.1, -0.05) is 41.4 Å². The Bertz CT molecular complexity index is 1310. The van der Waals surface area contributed by atoms with Crippen molar-refractivity contribution in [1.82, 2.24) is 4.31 Å². The molecule has 12 heteroatoms. The monoisotopic (exact) mass is 532 g/mol. The highest BCUT2D eigenvalue weighted by atomic mass is 35.5. The van der Waals surface area contributed by atoms with E-state index in [1.165, 1.54) is 27.9 Å². The minimum Gasteiger partial charge on any atom is -0.367 e. The summed E-state index contributed by atoms with van der Waals surface area (Å²) in [6.45, 7) is 1.54. The molecule has 0 aliphatic carbocycles. The summed E-state index contributed by atoms with van der Waals surface area (Å²) in [6, 6.07) is 9.20. The van der Waals surface area contributed by atoms with Crippen LogP contribution in [0.25, 0.3) is 0 Å². The molecule has 0 spiro atoms. The third kappa shape index (κ3) is 4.52. The van der Waals surface area contributed by atoms with Gasteiger partial charge in [0.05, 0.1) is 15.5 Å². The van der Waals surface area contributed by atoms with Gasteiger partial charge in [0.1, 0.15) is 14.3 Å². The third-order valence-corrected chi connectivity index (χ3v) is 10.9. The molecule has 1 aromatic carbocycles. The van der Waals surface area contributed by atoms with Crippen molar-refractivity contribution in [3.05, 3.63) is 64.2 Å². The maximum absolute atomic E-state index is 13.3. The molecule has 0 unspecified atom stereocenters. The first-order chi connectivity index (χ1) is 15.2.